The number of aliphatic imine (C=N–C) groups is 3. The molecule has 1 saturated carbocycles. The van der Waals surface area contributed by atoms with Gasteiger partial charge in [-0.3, -0.25) is 15.3 Å². The number of nitrogens with zero attached hydrogens (tertiary/aromatic N) is 4. The molecule has 8 aliphatic rings. The van der Waals surface area contributed by atoms with Crippen molar-refractivity contribution in [3.63, 3.8) is 0 Å². The summed E-state index contributed by atoms with van der Waals surface area (Å²) in [7, 11) is 0. The predicted octanol–water partition coefficient (Wildman–Crippen LogP) is 5.08. The van der Waals surface area contributed by atoms with Crippen LogP contribution in [-0.4, -0.2) is 83.1 Å². The van der Waals surface area contributed by atoms with E-state index in [9.17, 15) is 0 Å². The molecule has 48 heavy (non-hydrogen) atoms. The van der Waals surface area contributed by atoms with E-state index in [1.54, 1.807) is 0 Å². The molecule has 4 N–H and O–H groups in total. The Morgan fingerprint density at radius 2 is 2.06 bits per heavy atom. The second kappa shape index (κ2) is 13.0. The van der Waals surface area contributed by atoms with Crippen LogP contribution in [0, 0.1) is 0 Å². The molecule has 0 radical (unpaired) electrons. The van der Waals surface area contributed by atoms with Gasteiger partial charge < -0.3 is 30.2 Å². The molecule has 10 heteroatoms. The molecule has 5 heterocycles. The van der Waals surface area contributed by atoms with Crippen molar-refractivity contribution in [3.8, 4) is 0 Å². The lowest BCUT2D eigenvalue weighted by Crippen LogP contribution is -2.48. The van der Waals surface area contributed by atoms with E-state index in [-0.39, 0.29) is 54.4 Å². The fourth-order valence-electron chi connectivity index (χ4n) is 8.49. The minimum atomic E-state index is -0.351. The summed E-state index contributed by atoms with van der Waals surface area (Å²) >= 11 is 0. The number of allylic oxidation sites excluding steroid dienone is 5. The number of rotatable bonds is 8. The first-order chi connectivity index (χ1) is 23.3. The van der Waals surface area contributed by atoms with Crippen molar-refractivity contribution >= 4 is 17.8 Å². The molecule has 10 unspecified atom stereocenters. The Kier molecular flexibility index (Phi) is 8.57. The van der Waals surface area contributed by atoms with Gasteiger partial charge in [-0.05, 0) is 90.4 Å². The van der Waals surface area contributed by atoms with Crippen molar-refractivity contribution in [2.75, 3.05) is 0 Å². The van der Waals surface area contributed by atoms with E-state index in [1.165, 1.54) is 18.5 Å². The highest BCUT2D eigenvalue weighted by Crippen LogP contribution is 2.36. The third-order valence-electron chi connectivity index (χ3n) is 11.3. The molecule has 0 aromatic carbocycles. The summed E-state index contributed by atoms with van der Waals surface area (Å²) in [6, 6.07) is 0.639. The van der Waals surface area contributed by atoms with Crippen molar-refractivity contribution in [1.29, 1.82) is 0 Å². The summed E-state index contributed by atoms with van der Waals surface area (Å²) in [4.78, 5) is 17.7. The number of dihydropyridines is 2. The van der Waals surface area contributed by atoms with Crippen molar-refractivity contribution in [3.05, 3.63) is 71.5 Å². The molecule has 5 aliphatic heterocycles. The number of ether oxygens (including phenoxy) is 3. The second-order valence-electron chi connectivity index (χ2n) is 14.8. The first kappa shape index (κ1) is 31.6. The van der Waals surface area contributed by atoms with E-state index in [0.29, 0.717) is 6.04 Å². The highest BCUT2D eigenvalue weighted by Gasteiger charge is 2.44. The molecule has 1 saturated heterocycles. The number of nitrogens with one attached hydrogen (secondary N) is 2. The molecule has 10 nitrogen and oxygen atoms in total. The molecule has 0 amide bonds. The van der Waals surface area contributed by atoms with Gasteiger partial charge in [0.2, 0.25) is 12.1 Å². The summed E-state index contributed by atoms with van der Waals surface area (Å²) in [6.45, 7) is 6.60. The van der Waals surface area contributed by atoms with Crippen LogP contribution >= 0.6 is 0 Å². The van der Waals surface area contributed by atoms with Gasteiger partial charge in [-0.1, -0.05) is 43.2 Å². The third kappa shape index (κ3) is 6.06. The maximum atomic E-state index is 6.67. The van der Waals surface area contributed by atoms with Crippen molar-refractivity contribution in [2.45, 2.75) is 145 Å². The van der Waals surface area contributed by atoms with Gasteiger partial charge in [0, 0.05) is 24.0 Å². The Hall–Kier alpha value is -3.63. The van der Waals surface area contributed by atoms with Gasteiger partial charge in [-0.15, -0.1) is 0 Å². The van der Waals surface area contributed by atoms with Crippen LogP contribution in [-0.2, 0) is 14.2 Å². The average Bonchev–Trinajstić information content (AvgIpc) is 3.83. The van der Waals surface area contributed by atoms with Gasteiger partial charge in [0.1, 0.15) is 23.6 Å². The van der Waals surface area contributed by atoms with Crippen molar-refractivity contribution < 1.29 is 14.2 Å². The van der Waals surface area contributed by atoms with Crippen LogP contribution in [0.4, 0.5) is 0 Å². The van der Waals surface area contributed by atoms with Gasteiger partial charge in [0.05, 0.1) is 41.3 Å². The van der Waals surface area contributed by atoms with Gasteiger partial charge in [0.25, 0.3) is 0 Å². The van der Waals surface area contributed by atoms with Crippen LogP contribution in [0.25, 0.3) is 0 Å². The quantitative estimate of drug-likeness (QED) is 0.313. The minimum absolute atomic E-state index is 0.000251. The first-order valence-electron chi connectivity index (χ1n) is 18.3. The Morgan fingerprint density at radius 1 is 1.17 bits per heavy atom. The summed E-state index contributed by atoms with van der Waals surface area (Å²) in [6.07, 6.45) is 29.6. The Balaban J connectivity index is 0.991. The van der Waals surface area contributed by atoms with E-state index in [1.807, 2.05) is 6.21 Å². The van der Waals surface area contributed by atoms with E-state index >= 15 is 0 Å². The number of fused-ring (bicyclic) bond motifs is 2. The van der Waals surface area contributed by atoms with Gasteiger partial charge in [-0.25, -0.2) is 4.99 Å². The summed E-state index contributed by atoms with van der Waals surface area (Å²) in [5.74, 6) is 1.70. The molecule has 0 aromatic heterocycles. The zero-order valence-electron chi connectivity index (χ0n) is 28.6. The molecule has 3 aliphatic carbocycles. The highest BCUT2D eigenvalue weighted by atomic mass is 16.5. The van der Waals surface area contributed by atoms with Crippen LogP contribution < -0.4 is 16.4 Å². The number of nitrogens with two attached hydrogens (primary N) is 1. The SMILES string of the molecule is CC1N=C(C2NC3=C(C=CCC3)O2)C=CC1N(C1=CCC(C2=NC3CCC=CC3(C)O2)N=C1)C(C)C/C=C(\N)C1NC2CCCCC2O1. The fraction of sp³-hybridized carbons (Fsp3) is 0.605. The van der Waals surface area contributed by atoms with Crippen molar-refractivity contribution in [1.82, 2.24) is 15.5 Å². The normalized spacial score (nSPS) is 39.0. The van der Waals surface area contributed by atoms with Crippen LogP contribution in [0.1, 0.15) is 85.0 Å². The number of hydrogen-bond donors (Lipinski definition) is 3. The lowest BCUT2D eigenvalue weighted by Gasteiger charge is -2.41. The van der Waals surface area contributed by atoms with Crippen molar-refractivity contribution in [2.24, 2.45) is 20.7 Å². The number of hydrogen-bond acceptors (Lipinski definition) is 10. The van der Waals surface area contributed by atoms with Crippen LogP contribution in [0.2, 0.25) is 0 Å². The zero-order chi connectivity index (χ0) is 32.8. The lowest BCUT2D eigenvalue weighted by atomic mass is 9.88. The summed E-state index contributed by atoms with van der Waals surface area (Å²) in [5.41, 5.74) is 10.3. The molecule has 8 rings (SSSR count). The van der Waals surface area contributed by atoms with E-state index in [0.717, 1.165) is 80.1 Å². The standard InChI is InChI=1S/C38H51N7O3/c1-23(15-17-26(39)35-42-27-10-4-6-12-32(27)46-35)45(25-16-18-29(40-22-25)37-44-34-14-8-9-21-38(34,3)48-37)31-20-19-30(41-24(31)2)36-43-28-11-5-7-13-33(28)47-36/h7,9,13,16-17,19-24,27,29,31-32,34-36,42-43H,4-6,8,10-12,14-15,18,39H2,1-3H3/b26-17-. The smallest absolute Gasteiger partial charge is 0.212 e. The highest BCUT2D eigenvalue weighted by molar-refractivity contribution is 6.00. The van der Waals surface area contributed by atoms with Gasteiger partial charge in [-0.2, -0.15) is 0 Å². The molecule has 0 bridgehead atoms. The molecule has 0 aromatic rings. The van der Waals surface area contributed by atoms with Gasteiger partial charge in [0.15, 0.2) is 0 Å². The topological polar surface area (TPSA) is 118 Å². The molecular formula is C38H51N7O3. The average molecular weight is 654 g/mol. The first-order valence-corrected chi connectivity index (χ1v) is 18.3. The summed E-state index contributed by atoms with van der Waals surface area (Å²) < 4.78 is 19.0. The van der Waals surface area contributed by atoms with E-state index in [2.05, 4.69) is 84.9 Å². The van der Waals surface area contributed by atoms with Crippen LogP contribution in [0.3, 0.4) is 0 Å². The lowest BCUT2D eigenvalue weighted by molar-refractivity contribution is 0.0423. The van der Waals surface area contributed by atoms with E-state index in [4.69, 9.17) is 34.9 Å². The molecule has 256 valence electrons. The zero-order valence-corrected chi connectivity index (χ0v) is 28.6. The fourth-order valence-corrected chi connectivity index (χ4v) is 8.49. The maximum absolute atomic E-state index is 6.67. The molecule has 2 fully saturated rings. The molecule has 10 atom stereocenters. The minimum Gasteiger partial charge on any atom is -0.467 e. The Morgan fingerprint density at radius 3 is 2.85 bits per heavy atom. The van der Waals surface area contributed by atoms with E-state index < -0.39 is 0 Å². The monoisotopic (exact) mass is 653 g/mol. The molecular weight excluding hydrogens is 602 g/mol. The largest absolute Gasteiger partial charge is 0.467 e. The molecule has 0 spiro atoms. The Labute approximate surface area is 284 Å². The third-order valence-corrected chi connectivity index (χ3v) is 11.3. The van der Waals surface area contributed by atoms with Crippen LogP contribution in [0.5, 0.6) is 0 Å². The Bertz CT molecular complexity index is 1540. The maximum Gasteiger partial charge on any atom is 0.212 e. The summed E-state index contributed by atoms with van der Waals surface area (Å²) in [5, 5.41) is 7.19. The van der Waals surface area contributed by atoms with Gasteiger partial charge >= 0.3 is 0 Å². The van der Waals surface area contributed by atoms with Crippen LogP contribution in [0.15, 0.2) is 86.4 Å². The predicted molar refractivity (Wildman–Crippen MR) is 190 cm³/mol. The second-order valence-corrected chi connectivity index (χ2v) is 14.8.